The summed E-state index contributed by atoms with van der Waals surface area (Å²) in [6, 6.07) is 11.1. The largest absolute Gasteiger partial charge is 0.379 e. The highest BCUT2D eigenvalue weighted by atomic mass is 32.2. The molecule has 0 amide bonds. The lowest BCUT2D eigenvalue weighted by atomic mass is 9.99. The third-order valence-electron chi connectivity index (χ3n) is 5.79. The molecule has 2 aromatic rings. The van der Waals surface area contributed by atoms with Crippen LogP contribution in [0, 0.1) is 0 Å². The first kappa shape index (κ1) is 22.9. The normalized spacial score (nSPS) is 16.6. The van der Waals surface area contributed by atoms with E-state index in [0.717, 1.165) is 51.3 Å². The van der Waals surface area contributed by atoms with Crippen molar-refractivity contribution < 1.29 is 13.2 Å². The van der Waals surface area contributed by atoms with E-state index in [1.54, 1.807) is 28.8 Å². The average Bonchev–Trinajstić information content (AvgIpc) is 2.79. The van der Waals surface area contributed by atoms with Crippen molar-refractivity contribution in [1.82, 2.24) is 14.2 Å². The molecule has 164 valence electrons. The van der Waals surface area contributed by atoms with E-state index in [4.69, 9.17) is 4.74 Å². The number of hydrogen-bond donors (Lipinski definition) is 0. The van der Waals surface area contributed by atoms with Crippen molar-refractivity contribution in [2.24, 2.45) is 0 Å². The van der Waals surface area contributed by atoms with Gasteiger partial charge in [0.15, 0.2) is 0 Å². The second-order valence-corrected chi connectivity index (χ2v) is 9.82. The van der Waals surface area contributed by atoms with E-state index in [-0.39, 0.29) is 0 Å². The molecule has 0 bridgehead atoms. The molecule has 2 heterocycles. The van der Waals surface area contributed by atoms with E-state index in [1.165, 1.54) is 5.56 Å². The quantitative estimate of drug-likeness (QED) is 0.576. The van der Waals surface area contributed by atoms with Crippen molar-refractivity contribution in [1.29, 1.82) is 0 Å². The van der Waals surface area contributed by atoms with Crippen molar-refractivity contribution in [3.8, 4) is 0 Å². The molecule has 6 nitrogen and oxygen atoms in total. The summed E-state index contributed by atoms with van der Waals surface area (Å²) in [5, 5.41) is 0. The molecule has 3 rings (SSSR count). The first-order chi connectivity index (χ1) is 14.5. The number of nitrogens with zero attached hydrogens (tertiary/aromatic N) is 3. The van der Waals surface area contributed by atoms with E-state index in [0.29, 0.717) is 23.9 Å². The van der Waals surface area contributed by atoms with Gasteiger partial charge in [-0.2, -0.15) is 4.31 Å². The first-order valence-electron chi connectivity index (χ1n) is 10.8. The Morgan fingerprint density at radius 1 is 1.10 bits per heavy atom. The molecular formula is C23H33N3O3S. The van der Waals surface area contributed by atoms with Crippen molar-refractivity contribution in [3.05, 3.63) is 59.9 Å². The number of pyridine rings is 1. The Labute approximate surface area is 180 Å². The summed E-state index contributed by atoms with van der Waals surface area (Å²) < 4.78 is 33.9. The summed E-state index contributed by atoms with van der Waals surface area (Å²) in [4.78, 5) is 6.74. The van der Waals surface area contributed by atoms with Crippen LogP contribution in [0.5, 0.6) is 0 Å². The maximum Gasteiger partial charge on any atom is 0.243 e. The molecule has 1 saturated heterocycles. The number of rotatable bonds is 10. The molecule has 7 heteroatoms. The number of benzene rings is 1. The predicted molar refractivity (Wildman–Crippen MR) is 119 cm³/mol. The van der Waals surface area contributed by atoms with Gasteiger partial charge in [-0.05, 0) is 60.7 Å². The standard InChI is InChI=1S/C23H33N3O3S/c1-3-20(2)22-5-7-23(8-6-22)30(27,28)26(19-21-9-11-24-12-10-21)14-4-13-25-15-17-29-18-16-25/h5-12,20H,3-4,13-19H2,1-2H3. The van der Waals surface area contributed by atoms with Crippen LogP contribution < -0.4 is 0 Å². The third-order valence-corrected chi connectivity index (χ3v) is 7.65. The van der Waals surface area contributed by atoms with Gasteiger partial charge in [0.1, 0.15) is 0 Å². The van der Waals surface area contributed by atoms with Crippen LogP contribution in [-0.2, 0) is 21.3 Å². The zero-order valence-electron chi connectivity index (χ0n) is 18.0. The SMILES string of the molecule is CCC(C)c1ccc(S(=O)(=O)N(CCCN2CCOCC2)Cc2ccncc2)cc1. The first-order valence-corrected chi connectivity index (χ1v) is 12.2. The lowest BCUT2D eigenvalue weighted by Gasteiger charge is -2.28. The van der Waals surface area contributed by atoms with E-state index in [1.807, 2.05) is 24.3 Å². The van der Waals surface area contributed by atoms with Gasteiger partial charge in [-0.25, -0.2) is 8.42 Å². The summed E-state index contributed by atoms with van der Waals surface area (Å²) in [5.41, 5.74) is 2.11. The minimum Gasteiger partial charge on any atom is -0.379 e. The third kappa shape index (κ3) is 6.11. The molecule has 1 atom stereocenters. The van der Waals surface area contributed by atoms with Crippen LogP contribution >= 0.6 is 0 Å². The molecule has 0 radical (unpaired) electrons. The van der Waals surface area contributed by atoms with Gasteiger partial charge in [-0.1, -0.05) is 26.0 Å². The van der Waals surface area contributed by atoms with Gasteiger partial charge >= 0.3 is 0 Å². The number of sulfonamides is 1. The molecular weight excluding hydrogens is 398 g/mol. The maximum atomic E-state index is 13.4. The van der Waals surface area contributed by atoms with Crippen molar-refractivity contribution in [3.63, 3.8) is 0 Å². The highest BCUT2D eigenvalue weighted by Crippen LogP contribution is 2.23. The molecule has 1 fully saturated rings. The van der Waals surface area contributed by atoms with Gasteiger partial charge < -0.3 is 4.74 Å². The molecule has 1 aromatic carbocycles. The summed E-state index contributed by atoms with van der Waals surface area (Å²) in [6.07, 6.45) is 5.22. The number of hydrogen-bond acceptors (Lipinski definition) is 5. The summed E-state index contributed by atoms with van der Waals surface area (Å²) in [5.74, 6) is 0.420. The van der Waals surface area contributed by atoms with Gasteiger partial charge in [-0.15, -0.1) is 0 Å². The van der Waals surface area contributed by atoms with Crippen LogP contribution in [-0.4, -0.2) is 62.0 Å². The summed E-state index contributed by atoms with van der Waals surface area (Å²) >= 11 is 0. The van der Waals surface area contributed by atoms with Crippen LogP contribution in [0.15, 0.2) is 53.7 Å². The van der Waals surface area contributed by atoms with E-state index in [9.17, 15) is 8.42 Å². The molecule has 30 heavy (non-hydrogen) atoms. The van der Waals surface area contributed by atoms with Gasteiger partial charge in [0, 0.05) is 38.6 Å². The molecule has 1 aliphatic rings. The van der Waals surface area contributed by atoms with Gasteiger partial charge in [0.25, 0.3) is 0 Å². The second-order valence-electron chi connectivity index (χ2n) is 7.88. The van der Waals surface area contributed by atoms with Crippen LogP contribution in [0.1, 0.15) is 43.7 Å². The summed E-state index contributed by atoms with van der Waals surface area (Å²) in [6.45, 7) is 9.32. The van der Waals surface area contributed by atoms with Crippen LogP contribution in [0.3, 0.4) is 0 Å². The lowest BCUT2D eigenvalue weighted by Crippen LogP contribution is -2.39. The smallest absolute Gasteiger partial charge is 0.243 e. The molecule has 0 spiro atoms. The zero-order chi connectivity index (χ0) is 21.4. The Kier molecular flexibility index (Phi) is 8.39. The van der Waals surface area contributed by atoms with Gasteiger partial charge in [0.2, 0.25) is 10.0 Å². The fourth-order valence-corrected chi connectivity index (χ4v) is 5.09. The number of morpholine rings is 1. The Bertz CT molecular complexity index is 866. The van der Waals surface area contributed by atoms with E-state index >= 15 is 0 Å². The Morgan fingerprint density at radius 2 is 1.77 bits per heavy atom. The molecule has 1 unspecified atom stereocenters. The second kappa shape index (κ2) is 11.0. The minimum atomic E-state index is -3.58. The topological polar surface area (TPSA) is 62.7 Å². The predicted octanol–water partition coefficient (Wildman–Crippen LogP) is 3.51. The Balaban J connectivity index is 1.74. The summed E-state index contributed by atoms with van der Waals surface area (Å²) in [7, 11) is -3.58. The van der Waals surface area contributed by atoms with Crippen LogP contribution in [0.25, 0.3) is 0 Å². The van der Waals surface area contributed by atoms with Crippen LogP contribution in [0.4, 0.5) is 0 Å². The highest BCUT2D eigenvalue weighted by molar-refractivity contribution is 7.89. The van der Waals surface area contributed by atoms with Crippen molar-refractivity contribution in [2.45, 2.75) is 44.0 Å². The molecule has 0 aliphatic carbocycles. The zero-order valence-corrected chi connectivity index (χ0v) is 18.9. The van der Waals surface area contributed by atoms with Crippen molar-refractivity contribution >= 4 is 10.0 Å². The minimum absolute atomic E-state index is 0.348. The molecule has 1 aromatic heterocycles. The van der Waals surface area contributed by atoms with Gasteiger partial charge in [-0.3, -0.25) is 9.88 Å². The molecule has 0 N–H and O–H groups in total. The Hall–Kier alpha value is -1.80. The van der Waals surface area contributed by atoms with Crippen LogP contribution in [0.2, 0.25) is 0 Å². The maximum absolute atomic E-state index is 13.4. The lowest BCUT2D eigenvalue weighted by molar-refractivity contribution is 0.0368. The molecule has 0 saturated carbocycles. The molecule has 1 aliphatic heterocycles. The number of aromatic nitrogens is 1. The average molecular weight is 432 g/mol. The fourth-order valence-electron chi connectivity index (χ4n) is 3.62. The van der Waals surface area contributed by atoms with E-state index < -0.39 is 10.0 Å². The Morgan fingerprint density at radius 3 is 2.40 bits per heavy atom. The fraction of sp³-hybridized carbons (Fsp3) is 0.522. The van der Waals surface area contributed by atoms with Crippen molar-refractivity contribution in [2.75, 3.05) is 39.4 Å². The van der Waals surface area contributed by atoms with E-state index in [2.05, 4.69) is 23.7 Å². The van der Waals surface area contributed by atoms with Gasteiger partial charge in [0.05, 0.1) is 18.1 Å². The number of ether oxygens (including phenoxy) is 1. The highest BCUT2D eigenvalue weighted by Gasteiger charge is 2.25. The monoisotopic (exact) mass is 431 g/mol.